The lowest BCUT2D eigenvalue weighted by atomic mass is 10.0. The number of aromatic nitrogens is 3. The van der Waals surface area contributed by atoms with Crippen molar-refractivity contribution in [1.29, 1.82) is 0 Å². The maximum Gasteiger partial charge on any atom is 0.328 e. The Bertz CT molecular complexity index is 1050. The zero-order valence-corrected chi connectivity index (χ0v) is 14.2. The first-order chi connectivity index (χ1) is 13.0. The molecule has 1 aliphatic heterocycles. The number of nitrogens with zero attached hydrogens (tertiary/aromatic N) is 4. The molecule has 0 aliphatic carbocycles. The Morgan fingerprint density at radius 1 is 1.30 bits per heavy atom. The van der Waals surface area contributed by atoms with Gasteiger partial charge >= 0.3 is 5.97 Å². The summed E-state index contributed by atoms with van der Waals surface area (Å²) in [7, 11) is 0. The third-order valence-corrected chi connectivity index (χ3v) is 4.65. The van der Waals surface area contributed by atoms with Gasteiger partial charge in [0, 0.05) is 29.9 Å². The molecule has 2 aromatic heterocycles. The first-order valence-corrected chi connectivity index (χ1v) is 8.50. The summed E-state index contributed by atoms with van der Waals surface area (Å²) in [6.45, 7) is 0.665. The lowest BCUT2D eigenvalue weighted by Gasteiger charge is -2.26. The summed E-state index contributed by atoms with van der Waals surface area (Å²) in [6.07, 6.45) is 7.21. The van der Waals surface area contributed by atoms with Crippen molar-refractivity contribution in [2.75, 3.05) is 11.4 Å². The molecule has 0 radical (unpaired) electrons. The van der Waals surface area contributed by atoms with Crippen molar-refractivity contribution in [3.8, 4) is 0 Å². The van der Waals surface area contributed by atoms with Gasteiger partial charge in [0.15, 0.2) is 5.65 Å². The molecule has 3 aromatic rings. The van der Waals surface area contributed by atoms with Gasteiger partial charge in [-0.2, -0.15) is 5.10 Å². The molecule has 6 nitrogen and oxygen atoms in total. The number of carbonyl (C=O) groups is 1. The number of fused-ring (bicyclic) bond motifs is 1. The van der Waals surface area contributed by atoms with E-state index in [0.717, 1.165) is 24.6 Å². The van der Waals surface area contributed by atoms with Crippen LogP contribution >= 0.6 is 0 Å². The van der Waals surface area contributed by atoms with Gasteiger partial charge < -0.3 is 10.0 Å². The number of benzene rings is 1. The normalized spacial score (nSPS) is 17.3. The predicted octanol–water partition coefficient (Wildman–Crippen LogP) is 3.45. The van der Waals surface area contributed by atoms with Crippen molar-refractivity contribution >= 4 is 23.5 Å². The standard InChI is InChI=1S/C19H16F2N4O2/c20-13-4-5-15(21)14(10-13)16-2-1-8-24(16)17-7-9-25-19(23-17)12(11-22-25)3-6-18(26)27/h3-7,9-11,16H,1-2,8H2,(H,26,27)/t16-/m1/s1. The second kappa shape index (κ2) is 6.79. The second-order valence-corrected chi connectivity index (χ2v) is 6.34. The molecule has 3 heterocycles. The van der Waals surface area contributed by atoms with E-state index in [1.807, 2.05) is 4.90 Å². The highest BCUT2D eigenvalue weighted by atomic mass is 19.1. The molecule has 0 spiro atoms. The van der Waals surface area contributed by atoms with Gasteiger partial charge in [0.2, 0.25) is 0 Å². The van der Waals surface area contributed by atoms with Gasteiger partial charge in [-0.1, -0.05) is 0 Å². The highest BCUT2D eigenvalue weighted by Crippen LogP contribution is 2.36. The lowest BCUT2D eigenvalue weighted by molar-refractivity contribution is -0.131. The van der Waals surface area contributed by atoms with E-state index in [0.29, 0.717) is 35.6 Å². The minimum atomic E-state index is -1.06. The van der Waals surface area contributed by atoms with Crippen LogP contribution < -0.4 is 4.90 Å². The molecule has 0 unspecified atom stereocenters. The number of anilines is 1. The Morgan fingerprint density at radius 3 is 2.96 bits per heavy atom. The number of aliphatic carboxylic acids is 1. The summed E-state index contributed by atoms with van der Waals surface area (Å²) in [5.74, 6) is -1.37. The Kier molecular flexibility index (Phi) is 4.31. The molecule has 4 rings (SSSR count). The molecule has 138 valence electrons. The minimum Gasteiger partial charge on any atom is -0.478 e. The largest absolute Gasteiger partial charge is 0.478 e. The van der Waals surface area contributed by atoms with Crippen molar-refractivity contribution in [3.63, 3.8) is 0 Å². The first-order valence-electron chi connectivity index (χ1n) is 8.50. The fourth-order valence-corrected chi connectivity index (χ4v) is 3.45. The van der Waals surface area contributed by atoms with E-state index in [4.69, 9.17) is 5.11 Å². The smallest absolute Gasteiger partial charge is 0.328 e. The zero-order chi connectivity index (χ0) is 19.0. The molecule has 1 N–H and O–H groups in total. The van der Waals surface area contributed by atoms with Gasteiger partial charge in [0.05, 0.1) is 12.2 Å². The fourth-order valence-electron chi connectivity index (χ4n) is 3.45. The summed E-state index contributed by atoms with van der Waals surface area (Å²) >= 11 is 0. The molecule has 0 bridgehead atoms. The first kappa shape index (κ1) is 17.1. The van der Waals surface area contributed by atoms with E-state index in [1.165, 1.54) is 18.3 Å². The van der Waals surface area contributed by atoms with Crippen LogP contribution in [-0.2, 0) is 4.79 Å². The van der Waals surface area contributed by atoms with Crippen LogP contribution in [0.4, 0.5) is 14.6 Å². The summed E-state index contributed by atoms with van der Waals surface area (Å²) in [4.78, 5) is 17.3. The van der Waals surface area contributed by atoms with E-state index in [-0.39, 0.29) is 6.04 Å². The molecule has 8 heteroatoms. The molecule has 1 fully saturated rings. The van der Waals surface area contributed by atoms with E-state index in [2.05, 4.69) is 10.1 Å². The minimum absolute atomic E-state index is 0.309. The van der Waals surface area contributed by atoms with Gasteiger partial charge in [-0.25, -0.2) is 23.1 Å². The molecule has 1 aromatic carbocycles. The van der Waals surface area contributed by atoms with Crippen LogP contribution in [0.1, 0.15) is 30.0 Å². The van der Waals surface area contributed by atoms with Gasteiger partial charge in [-0.15, -0.1) is 0 Å². The van der Waals surface area contributed by atoms with Crippen molar-refractivity contribution < 1.29 is 18.7 Å². The van der Waals surface area contributed by atoms with E-state index in [9.17, 15) is 13.6 Å². The molecular weight excluding hydrogens is 354 g/mol. The maximum absolute atomic E-state index is 14.3. The zero-order valence-electron chi connectivity index (χ0n) is 14.2. The maximum atomic E-state index is 14.3. The third-order valence-electron chi connectivity index (χ3n) is 4.65. The molecular formula is C19H16F2N4O2. The molecule has 1 aliphatic rings. The average Bonchev–Trinajstić information content (AvgIpc) is 3.28. The number of carboxylic acids is 1. The average molecular weight is 370 g/mol. The number of hydrogen-bond acceptors (Lipinski definition) is 4. The number of halogens is 2. The summed E-state index contributed by atoms with van der Waals surface area (Å²) in [5, 5.41) is 13.0. The van der Waals surface area contributed by atoms with Crippen LogP contribution in [0.15, 0.2) is 42.7 Å². The van der Waals surface area contributed by atoms with Crippen molar-refractivity contribution in [1.82, 2.24) is 14.6 Å². The molecule has 1 saturated heterocycles. The number of hydrogen-bond donors (Lipinski definition) is 1. The van der Waals surface area contributed by atoms with Crippen LogP contribution in [-0.4, -0.2) is 32.2 Å². The van der Waals surface area contributed by atoms with Gasteiger partial charge in [-0.3, -0.25) is 0 Å². The molecule has 0 amide bonds. The van der Waals surface area contributed by atoms with Gasteiger partial charge in [-0.05, 0) is 43.2 Å². The van der Waals surface area contributed by atoms with Crippen LogP contribution in [0.2, 0.25) is 0 Å². The Hall–Kier alpha value is -3.29. The topological polar surface area (TPSA) is 70.7 Å². The van der Waals surface area contributed by atoms with E-state index >= 15 is 0 Å². The van der Waals surface area contributed by atoms with Crippen LogP contribution in [0.3, 0.4) is 0 Å². The summed E-state index contributed by atoms with van der Waals surface area (Å²) in [5.41, 5.74) is 1.37. The Balaban J connectivity index is 1.73. The molecule has 27 heavy (non-hydrogen) atoms. The van der Waals surface area contributed by atoms with Crippen LogP contribution in [0.5, 0.6) is 0 Å². The number of rotatable bonds is 4. The van der Waals surface area contributed by atoms with Crippen LogP contribution in [0.25, 0.3) is 11.7 Å². The summed E-state index contributed by atoms with van der Waals surface area (Å²) < 4.78 is 29.4. The van der Waals surface area contributed by atoms with E-state index < -0.39 is 17.6 Å². The number of carboxylic acid groups (broad SMARTS) is 1. The molecule has 0 saturated carbocycles. The Labute approximate surface area is 153 Å². The SMILES string of the molecule is O=C(O)C=Cc1cnn2ccc(N3CCC[C@@H]3c3cc(F)ccc3F)nc12. The van der Waals surface area contributed by atoms with Crippen molar-refractivity contribution in [3.05, 3.63) is 65.5 Å². The van der Waals surface area contributed by atoms with Gasteiger partial charge in [0.25, 0.3) is 0 Å². The summed E-state index contributed by atoms with van der Waals surface area (Å²) in [6, 6.07) is 4.94. The highest BCUT2D eigenvalue weighted by molar-refractivity contribution is 5.86. The third kappa shape index (κ3) is 3.25. The van der Waals surface area contributed by atoms with E-state index in [1.54, 1.807) is 16.8 Å². The van der Waals surface area contributed by atoms with Gasteiger partial charge in [0.1, 0.15) is 17.5 Å². The quantitative estimate of drug-likeness (QED) is 0.713. The predicted molar refractivity (Wildman–Crippen MR) is 95.3 cm³/mol. The Morgan fingerprint density at radius 2 is 2.15 bits per heavy atom. The monoisotopic (exact) mass is 370 g/mol. The lowest BCUT2D eigenvalue weighted by Crippen LogP contribution is -2.24. The fraction of sp³-hybridized carbons (Fsp3) is 0.211. The van der Waals surface area contributed by atoms with Crippen LogP contribution in [0, 0.1) is 11.6 Å². The van der Waals surface area contributed by atoms with Crippen molar-refractivity contribution in [2.24, 2.45) is 0 Å². The second-order valence-electron chi connectivity index (χ2n) is 6.34. The van der Waals surface area contributed by atoms with Crippen molar-refractivity contribution in [2.45, 2.75) is 18.9 Å². The highest BCUT2D eigenvalue weighted by Gasteiger charge is 2.29. The molecule has 1 atom stereocenters.